The van der Waals surface area contributed by atoms with Gasteiger partial charge in [0.15, 0.2) is 5.11 Å². The number of benzene rings is 1. The summed E-state index contributed by atoms with van der Waals surface area (Å²) in [7, 11) is 1.62. The van der Waals surface area contributed by atoms with Crippen LogP contribution in [0.2, 0.25) is 0 Å². The van der Waals surface area contributed by atoms with Crippen LogP contribution in [-0.4, -0.2) is 28.1 Å². The third-order valence-electron chi connectivity index (χ3n) is 2.29. The zero-order valence-electron chi connectivity index (χ0n) is 8.60. The molecule has 0 spiro atoms. The lowest BCUT2D eigenvalue weighted by Crippen LogP contribution is -2.25. The number of rotatable bonds is 1. The van der Waals surface area contributed by atoms with Crippen molar-refractivity contribution in [2.24, 2.45) is 0 Å². The SMILES string of the molecule is CN1C(=O)C(=Cc2ccc(O)cc2)NC1=S. The van der Waals surface area contributed by atoms with Gasteiger partial charge in [0.25, 0.3) is 5.91 Å². The van der Waals surface area contributed by atoms with Crippen LogP contribution in [0.25, 0.3) is 6.08 Å². The number of nitrogens with zero attached hydrogens (tertiary/aromatic N) is 1. The highest BCUT2D eigenvalue weighted by Gasteiger charge is 2.26. The summed E-state index contributed by atoms with van der Waals surface area (Å²) in [4.78, 5) is 13.0. The summed E-state index contributed by atoms with van der Waals surface area (Å²) < 4.78 is 0. The van der Waals surface area contributed by atoms with E-state index in [1.807, 2.05) is 0 Å². The molecular formula is C11H10N2O2S. The van der Waals surface area contributed by atoms with E-state index in [-0.39, 0.29) is 11.7 Å². The molecule has 0 bridgehead atoms. The minimum atomic E-state index is -0.155. The number of carbonyl (C=O) groups is 1. The number of phenolic OH excluding ortho intramolecular Hbond substituents is 1. The Balaban J connectivity index is 2.29. The molecule has 4 nitrogen and oxygen atoms in total. The van der Waals surface area contributed by atoms with Crippen LogP contribution in [0.5, 0.6) is 5.75 Å². The van der Waals surface area contributed by atoms with Gasteiger partial charge in [-0.2, -0.15) is 0 Å². The van der Waals surface area contributed by atoms with Crippen LogP contribution in [0.3, 0.4) is 0 Å². The van der Waals surface area contributed by atoms with Crippen molar-refractivity contribution in [1.82, 2.24) is 10.2 Å². The van der Waals surface area contributed by atoms with Crippen LogP contribution in [0, 0.1) is 0 Å². The van der Waals surface area contributed by atoms with Crippen molar-refractivity contribution in [2.45, 2.75) is 0 Å². The second kappa shape index (κ2) is 3.94. The first kappa shape index (κ1) is 10.6. The predicted octanol–water partition coefficient (Wildman–Crippen LogP) is 1.08. The third kappa shape index (κ3) is 1.90. The van der Waals surface area contributed by atoms with E-state index in [2.05, 4.69) is 5.32 Å². The Bertz CT molecular complexity index is 479. The molecule has 1 saturated heterocycles. The molecule has 5 heteroatoms. The number of likely N-dealkylation sites (N-methyl/N-ethyl adjacent to an activating group) is 1. The third-order valence-corrected chi connectivity index (χ3v) is 2.66. The number of carbonyl (C=O) groups excluding carboxylic acids is 1. The molecule has 16 heavy (non-hydrogen) atoms. The highest BCUT2D eigenvalue weighted by molar-refractivity contribution is 7.80. The molecule has 1 heterocycles. The Labute approximate surface area is 98.2 Å². The number of thiocarbonyl (C=S) groups is 1. The maximum Gasteiger partial charge on any atom is 0.276 e. The lowest BCUT2D eigenvalue weighted by molar-refractivity contribution is -0.121. The predicted molar refractivity (Wildman–Crippen MR) is 64.6 cm³/mol. The fourth-order valence-electron chi connectivity index (χ4n) is 1.36. The van der Waals surface area contributed by atoms with Crippen LogP contribution < -0.4 is 5.32 Å². The Kier molecular flexibility index (Phi) is 2.62. The molecule has 1 aliphatic heterocycles. The molecule has 0 saturated carbocycles. The van der Waals surface area contributed by atoms with Gasteiger partial charge in [-0.1, -0.05) is 12.1 Å². The van der Waals surface area contributed by atoms with Gasteiger partial charge in [-0.15, -0.1) is 0 Å². The topological polar surface area (TPSA) is 52.6 Å². The normalized spacial score (nSPS) is 18.1. The van der Waals surface area contributed by atoms with Crippen molar-refractivity contribution < 1.29 is 9.90 Å². The fourth-order valence-corrected chi connectivity index (χ4v) is 1.55. The minimum Gasteiger partial charge on any atom is -0.508 e. The van der Waals surface area contributed by atoms with Crippen LogP contribution in [-0.2, 0) is 4.79 Å². The molecule has 1 aromatic rings. The maximum absolute atomic E-state index is 11.6. The lowest BCUT2D eigenvalue weighted by atomic mass is 10.2. The van der Waals surface area contributed by atoms with Gasteiger partial charge in [0.1, 0.15) is 11.4 Å². The summed E-state index contributed by atoms with van der Waals surface area (Å²) in [6, 6.07) is 6.57. The van der Waals surface area contributed by atoms with E-state index in [4.69, 9.17) is 17.3 Å². The Hall–Kier alpha value is -1.88. The van der Waals surface area contributed by atoms with E-state index in [0.717, 1.165) is 5.56 Å². The van der Waals surface area contributed by atoms with Gasteiger partial charge in [-0.05, 0) is 36.0 Å². The standard InChI is InChI=1S/C11H10N2O2S/c1-13-10(15)9(12-11(13)16)6-7-2-4-8(14)5-3-7/h2-6,14H,1H3,(H,12,16). The lowest BCUT2D eigenvalue weighted by Gasteiger charge is -2.02. The van der Waals surface area contributed by atoms with Crippen LogP contribution in [0.4, 0.5) is 0 Å². The summed E-state index contributed by atoms with van der Waals surface area (Å²) in [6.45, 7) is 0. The number of amides is 1. The summed E-state index contributed by atoms with van der Waals surface area (Å²) >= 11 is 4.95. The zero-order valence-corrected chi connectivity index (χ0v) is 9.41. The van der Waals surface area contributed by atoms with E-state index in [9.17, 15) is 4.79 Å². The van der Waals surface area contributed by atoms with Crippen LogP contribution in [0.1, 0.15) is 5.56 Å². The summed E-state index contributed by atoms with van der Waals surface area (Å²) in [5.41, 5.74) is 1.27. The molecule has 1 aliphatic rings. The second-order valence-corrected chi connectivity index (χ2v) is 3.83. The monoisotopic (exact) mass is 234 g/mol. The molecule has 0 atom stereocenters. The number of aromatic hydroxyl groups is 1. The first-order chi connectivity index (χ1) is 7.58. The summed E-state index contributed by atoms with van der Waals surface area (Å²) in [6.07, 6.45) is 1.69. The summed E-state index contributed by atoms with van der Waals surface area (Å²) in [5.74, 6) is 0.0403. The van der Waals surface area contributed by atoms with Crippen molar-refractivity contribution in [3.05, 3.63) is 35.5 Å². The van der Waals surface area contributed by atoms with Gasteiger partial charge in [0.2, 0.25) is 0 Å². The minimum absolute atomic E-state index is 0.155. The molecule has 1 amide bonds. The van der Waals surface area contributed by atoms with Crippen molar-refractivity contribution in [2.75, 3.05) is 7.05 Å². The van der Waals surface area contributed by atoms with Crippen LogP contribution >= 0.6 is 12.2 Å². The van der Waals surface area contributed by atoms with E-state index < -0.39 is 0 Å². The molecule has 82 valence electrons. The molecule has 1 aromatic carbocycles. The van der Waals surface area contributed by atoms with Crippen molar-refractivity contribution in [3.63, 3.8) is 0 Å². The number of nitrogens with one attached hydrogen (secondary N) is 1. The smallest absolute Gasteiger partial charge is 0.276 e. The Morgan fingerprint density at radius 1 is 1.38 bits per heavy atom. The van der Waals surface area contributed by atoms with Gasteiger partial charge in [0.05, 0.1) is 0 Å². The van der Waals surface area contributed by atoms with Gasteiger partial charge in [0, 0.05) is 7.05 Å². The summed E-state index contributed by atoms with van der Waals surface area (Å²) in [5, 5.41) is 12.3. The molecule has 0 radical (unpaired) electrons. The average molecular weight is 234 g/mol. The van der Waals surface area contributed by atoms with E-state index in [0.29, 0.717) is 10.8 Å². The molecule has 2 rings (SSSR count). The molecule has 0 aromatic heterocycles. The second-order valence-electron chi connectivity index (χ2n) is 3.44. The quantitative estimate of drug-likeness (QED) is 0.564. The molecule has 1 fully saturated rings. The largest absolute Gasteiger partial charge is 0.508 e. The highest BCUT2D eigenvalue weighted by Crippen LogP contribution is 2.15. The molecule has 2 N–H and O–H groups in total. The number of phenols is 1. The van der Waals surface area contributed by atoms with E-state index >= 15 is 0 Å². The van der Waals surface area contributed by atoms with Crippen molar-refractivity contribution in [3.8, 4) is 5.75 Å². The van der Waals surface area contributed by atoms with E-state index in [1.54, 1.807) is 37.4 Å². The number of hydrogen-bond donors (Lipinski definition) is 2. The van der Waals surface area contributed by atoms with Gasteiger partial charge in [-0.25, -0.2) is 0 Å². The Morgan fingerprint density at radius 3 is 2.50 bits per heavy atom. The highest BCUT2D eigenvalue weighted by atomic mass is 32.1. The van der Waals surface area contributed by atoms with Gasteiger partial charge >= 0.3 is 0 Å². The van der Waals surface area contributed by atoms with Crippen molar-refractivity contribution >= 4 is 29.3 Å². The molecule has 0 unspecified atom stereocenters. The van der Waals surface area contributed by atoms with Crippen molar-refractivity contribution in [1.29, 1.82) is 0 Å². The number of hydrogen-bond acceptors (Lipinski definition) is 3. The molecule has 0 aliphatic carbocycles. The first-order valence-corrected chi connectivity index (χ1v) is 5.08. The van der Waals surface area contributed by atoms with E-state index in [1.165, 1.54) is 4.90 Å². The maximum atomic E-state index is 11.6. The zero-order chi connectivity index (χ0) is 11.7. The average Bonchev–Trinajstić information content (AvgIpc) is 2.50. The fraction of sp³-hybridized carbons (Fsp3) is 0.0909. The Morgan fingerprint density at radius 2 is 2.00 bits per heavy atom. The van der Waals surface area contributed by atoms with Gasteiger partial charge in [-0.3, -0.25) is 9.69 Å². The first-order valence-electron chi connectivity index (χ1n) is 4.67. The van der Waals surface area contributed by atoms with Crippen LogP contribution in [0.15, 0.2) is 30.0 Å². The van der Waals surface area contributed by atoms with Gasteiger partial charge < -0.3 is 10.4 Å². The molecular weight excluding hydrogens is 224 g/mol.